The maximum absolute atomic E-state index is 13.2. The largest absolute Gasteiger partial charge is 0.392 e. The van der Waals surface area contributed by atoms with E-state index in [2.05, 4.69) is 28.2 Å². The van der Waals surface area contributed by atoms with Crippen molar-refractivity contribution in [2.45, 2.75) is 57.2 Å². The van der Waals surface area contributed by atoms with Gasteiger partial charge in [0.15, 0.2) is 0 Å². The summed E-state index contributed by atoms with van der Waals surface area (Å²) in [4.78, 5) is 0. The van der Waals surface area contributed by atoms with Crippen molar-refractivity contribution in [3.8, 4) is 0 Å². The van der Waals surface area contributed by atoms with Crippen LogP contribution in [0.3, 0.4) is 0 Å². The van der Waals surface area contributed by atoms with Crippen LogP contribution in [-0.4, -0.2) is 17.3 Å². The van der Waals surface area contributed by atoms with E-state index >= 15 is 0 Å². The predicted molar refractivity (Wildman–Crippen MR) is 78.5 cm³/mol. The van der Waals surface area contributed by atoms with Gasteiger partial charge in [0.2, 0.25) is 0 Å². The van der Waals surface area contributed by atoms with Crippen molar-refractivity contribution in [2.75, 3.05) is 0 Å². The van der Waals surface area contributed by atoms with Crippen LogP contribution in [-0.2, 0) is 0 Å². The Morgan fingerprint density at radius 2 is 2.05 bits per heavy atom. The van der Waals surface area contributed by atoms with Gasteiger partial charge in [0.1, 0.15) is 5.82 Å². The third kappa shape index (κ3) is 4.01. The van der Waals surface area contributed by atoms with Gasteiger partial charge >= 0.3 is 0 Å². The number of hydrogen-bond acceptors (Lipinski definition) is 2. The Bertz CT molecular complexity index is 427. The van der Waals surface area contributed by atoms with Gasteiger partial charge in [0, 0.05) is 12.1 Å². The summed E-state index contributed by atoms with van der Waals surface area (Å²) in [6.07, 6.45) is 5.08. The highest BCUT2D eigenvalue weighted by atomic mass is 79.9. The first-order valence-electron chi connectivity index (χ1n) is 6.97. The highest BCUT2D eigenvalue weighted by Crippen LogP contribution is 2.24. The summed E-state index contributed by atoms with van der Waals surface area (Å²) in [6, 6.07) is 5.31. The van der Waals surface area contributed by atoms with Crippen molar-refractivity contribution >= 4 is 15.9 Å². The van der Waals surface area contributed by atoms with Crippen molar-refractivity contribution in [3.63, 3.8) is 0 Å². The third-order valence-electron chi connectivity index (χ3n) is 3.89. The molecule has 0 heterocycles. The zero-order chi connectivity index (χ0) is 13.8. The van der Waals surface area contributed by atoms with E-state index in [9.17, 15) is 9.50 Å². The van der Waals surface area contributed by atoms with Gasteiger partial charge in [0.05, 0.1) is 10.6 Å². The lowest BCUT2D eigenvalue weighted by Gasteiger charge is -2.26. The second-order valence-corrected chi connectivity index (χ2v) is 6.23. The highest BCUT2D eigenvalue weighted by molar-refractivity contribution is 9.10. The molecule has 1 fully saturated rings. The molecule has 106 valence electrons. The van der Waals surface area contributed by atoms with Crippen molar-refractivity contribution in [2.24, 2.45) is 0 Å². The monoisotopic (exact) mass is 329 g/mol. The Kier molecular flexibility index (Phi) is 5.37. The van der Waals surface area contributed by atoms with Crippen LogP contribution in [0.1, 0.15) is 50.6 Å². The topological polar surface area (TPSA) is 32.3 Å². The maximum atomic E-state index is 13.2. The van der Waals surface area contributed by atoms with Crippen LogP contribution in [0.5, 0.6) is 0 Å². The Morgan fingerprint density at radius 1 is 1.32 bits per heavy atom. The van der Waals surface area contributed by atoms with Crippen LogP contribution < -0.4 is 5.32 Å². The van der Waals surface area contributed by atoms with Crippen LogP contribution in [0.4, 0.5) is 4.39 Å². The number of hydrogen-bond donors (Lipinski definition) is 2. The predicted octanol–water partition coefficient (Wildman–Crippen LogP) is 3.93. The van der Waals surface area contributed by atoms with Gasteiger partial charge in [-0.15, -0.1) is 0 Å². The molecule has 1 aliphatic rings. The molecule has 0 aliphatic heterocycles. The standard InChI is InChI=1S/C15H21BrFNO/c1-10(11-7-8-13(17)12(16)9-11)18-14-5-3-2-4-6-15(14)19/h7-10,14-15,18-19H,2-6H2,1H3. The minimum absolute atomic E-state index is 0.106. The molecule has 0 amide bonds. The molecule has 2 N–H and O–H groups in total. The number of rotatable bonds is 3. The molecule has 3 unspecified atom stereocenters. The van der Waals surface area contributed by atoms with Crippen molar-refractivity contribution in [1.29, 1.82) is 0 Å². The molecular weight excluding hydrogens is 309 g/mol. The molecule has 0 spiro atoms. The van der Waals surface area contributed by atoms with Crippen LogP contribution in [0.15, 0.2) is 22.7 Å². The van der Waals surface area contributed by atoms with Gasteiger partial charge in [-0.2, -0.15) is 0 Å². The van der Waals surface area contributed by atoms with Crippen molar-refractivity contribution in [3.05, 3.63) is 34.1 Å². The molecule has 1 aromatic carbocycles. The van der Waals surface area contributed by atoms with E-state index in [-0.39, 0.29) is 24.0 Å². The summed E-state index contributed by atoms with van der Waals surface area (Å²) >= 11 is 3.21. The molecule has 1 aromatic rings. The Balaban J connectivity index is 2.02. The van der Waals surface area contributed by atoms with E-state index < -0.39 is 0 Å². The highest BCUT2D eigenvalue weighted by Gasteiger charge is 2.23. The molecule has 0 aromatic heterocycles. The number of aliphatic hydroxyl groups is 1. The molecule has 2 rings (SSSR count). The van der Waals surface area contributed by atoms with Gasteiger partial charge in [-0.05, 0) is 53.4 Å². The van der Waals surface area contributed by atoms with E-state index in [1.54, 1.807) is 12.1 Å². The average molecular weight is 330 g/mol. The quantitative estimate of drug-likeness (QED) is 0.823. The zero-order valence-electron chi connectivity index (χ0n) is 11.2. The summed E-state index contributed by atoms with van der Waals surface area (Å²) in [7, 11) is 0. The molecule has 3 atom stereocenters. The smallest absolute Gasteiger partial charge is 0.137 e. The van der Waals surface area contributed by atoms with E-state index in [4.69, 9.17) is 0 Å². The first-order chi connectivity index (χ1) is 9.08. The fourth-order valence-corrected chi connectivity index (χ4v) is 3.08. The SMILES string of the molecule is CC(NC1CCCCCC1O)c1ccc(F)c(Br)c1. The molecule has 2 nitrogen and oxygen atoms in total. The average Bonchev–Trinajstić information content (AvgIpc) is 2.58. The molecule has 0 radical (unpaired) electrons. The lowest BCUT2D eigenvalue weighted by atomic mass is 10.0. The third-order valence-corrected chi connectivity index (χ3v) is 4.49. The minimum Gasteiger partial charge on any atom is -0.392 e. The Morgan fingerprint density at radius 3 is 2.79 bits per heavy atom. The summed E-state index contributed by atoms with van der Waals surface area (Å²) in [5.41, 5.74) is 1.03. The fraction of sp³-hybridized carbons (Fsp3) is 0.600. The second-order valence-electron chi connectivity index (χ2n) is 5.37. The van der Waals surface area contributed by atoms with Crippen LogP contribution in [0, 0.1) is 5.82 Å². The first-order valence-corrected chi connectivity index (χ1v) is 7.76. The van der Waals surface area contributed by atoms with Crippen molar-refractivity contribution < 1.29 is 9.50 Å². The van der Waals surface area contributed by atoms with E-state index in [1.165, 1.54) is 12.5 Å². The van der Waals surface area contributed by atoms with E-state index in [0.29, 0.717) is 4.47 Å². The number of nitrogens with one attached hydrogen (secondary N) is 1. The number of halogens is 2. The lowest BCUT2D eigenvalue weighted by Crippen LogP contribution is -2.40. The molecule has 0 saturated heterocycles. The molecule has 0 bridgehead atoms. The summed E-state index contributed by atoms with van der Waals surface area (Å²) in [6.45, 7) is 2.05. The normalized spacial score (nSPS) is 25.9. The lowest BCUT2D eigenvalue weighted by molar-refractivity contribution is 0.115. The van der Waals surface area contributed by atoms with Gasteiger partial charge in [-0.25, -0.2) is 4.39 Å². The van der Waals surface area contributed by atoms with E-state index in [0.717, 1.165) is 31.2 Å². The number of aliphatic hydroxyl groups excluding tert-OH is 1. The fourth-order valence-electron chi connectivity index (χ4n) is 2.68. The van der Waals surface area contributed by atoms with Gasteiger partial charge in [0.25, 0.3) is 0 Å². The molecule has 1 aliphatic carbocycles. The molecule has 4 heteroatoms. The van der Waals surface area contributed by atoms with Crippen LogP contribution in [0.25, 0.3) is 0 Å². The van der Waals surface area contributed by atoms with Gasteiger partial charge in [-0.1, -0.05) is 25.3 Å². The zero-order valence-corrected chi connectivity index (χ0v) is 12.8. The summed E-state index contributed by atoms with van der Waals surface area (Å²) in [5.74, 6) is -0.245. The number of benzene rings is 1. The maximum Gasteiger partial charge on any atom is 0.137 e. The summed E-state index contributed by atoms with van der Waals surface area (Å²) < 4.78 is 13.7. The van der Waals surface area contributed by atoms with Gasteiger partial charge in [-0.3, -0.25) is 0 Å². The molecule has 19 heavy (non-hydrogen) atoms. The Labute approximate surface area is 122 Å². The Hall–Kier alpha value is -0.450. The second kappa shape index (κ2) is 6.82. The van der Waals surface area contributed by atoms with Gasteiger partial charge < -0.3 is 10.4 Å². The minimum atomic E-state index is -0.270. The van der Waals surface area contributed by atoms with Crippen LogP contribution in [0.2, 0.25) is 0 Å². The molecule has 1 saturated carbocycles. The van der Waals surface area contributed by atoms with Crippen molar-refractivity contribution in [1.82, 2.24) is 5.32 Å². The summed E-state index contributed by atoms with van der Waals surface area (Å²) in [5, 5.41) is 13.6. The van der Waals surface area contributed by atoms with Crippen LogP contribution >= 0.6 is 15.9 Å². The van der Waals surface area contributed by atoms with E-state index in [1.807, 2.05) is 0 Å². The molecular formula is C15H21BrFNO. The first kappa shape index (κ1) is 14.9.